The number of aromatic nitrogens is 2. The molecule has 0 aliphatic carbocycles. The number of hydrogen-bond donors (Lipinski definition) is 1. The van der Waals surface area contributed by atoms with Crippen molar-refractivity contribution in [2.24, 2.45) is 0 Å². The molecule has 0 saturated carbocycles. The van der Waals surface area contributed by atoms with Crippen LogP contribution >= 0.6 is 39.1 Å². The molecule has 0 radical (unpaired) electrons. The van der Waals surface area contributed by atoms with Crippen molar-refractivity contribution in [2.45, 2.75) is 0 Å². The monoisotopic (exact) mass is 317 g/mol. The van der Waals surface area contributed by atoms with Crippen LogP contribution in [0.5, 0.6) is 0 Å². The largest absolute Gasteiger partial charge is 0.324 e. The second kappa shape index (κ2) is 4.99. The van der Waals surface area contributed by atoms with E-state index in [4.69, 9.17) is 23.2 Å². The molecule has 6 heteroatoms. The molecule has 16 heavy (non-hydrogen) atoms. The maximum absolute atomic E-state index is 5.85. The molecule has 1 N–H and O–H groups in total. The Hall–Kier alpha value is -0.840. The Bertz CT molecular complexity index is 519. The SMILES string of the molecule is Clc1cccc(Nc2ncc(Br)c(Cl)n2)c1. The minimum atomic E-state index is 0.361. The van der Waals surface area contributed by atoms with Crippen LogP contribution < -0.4 is 5.32 Å². The molecule has 82 valence electrons. The van der Waals surface area contributed by atoms with Crippen molar-refractivity contribution < 1.29 is 0 Å². The predicted molar refractivity (Wildman–Crippen MR) is 69.5 cm³/mol. The summed E-state index contributed by atoms with van der Waals surface area (Å²) in [4.78, 5) is 8.12. The number of rotatable bonds is 2. The maximum atomic E-state index is 5.85. The number of halogens is 3. The van der Waals surface area contributed by atoms with Crippen molar-refractivity contribution in [1.82, 2.24) is 9.97 Å². The Morgan fingerprint density at radius 3 is 2.75 bits per heavy atom. The van der Waals surface area contributed by atoms with E-state index < -0.39 is 0 Å². The normalized spacial score (nSPS) is 10.2. The lowest BCUT2D eigenvalue weighted by atomic mass is 10.3. The van der Waals surface area contributed by atoms with E-state index in [2.05, 4.69) is 31.2 Å². The third-order valence-corrected chi connectivity index (χ3v) is 3.11. The maximum Gasteiger partial charge on any atom is 0.228 e. The molecule has 0 aliphatic rings. The standard InChI is InChI=1S/C10H6BrCl2N3/c11-8-5-14-10(16-9(8)13)15-7-3-1-2-6(12)4-7/h1-5H,(H,14,15,16). The molecule has 0 bridgehead atoms. The van der Waals surface area contributed by atoms with E-state index in [9.17, 15) is 0 Å². The van der Waals surface area contributed by atoms with Crippen LogP contribution in [-0.4, -0.2) is 9.97 Å². The van der Waals surface area contributed by atoms with Gasteiger partial charge in [0.1, 0.15) is 5.15 Å². The highest BCUT2D eigenvalue weighted by molar-refractivity contribution is 9.10. The van der Waals surface area contributed by atoms with Crippen molar-refractivity contribution in [2.75, 3.05) is 5.32 Å². The van der Waals surface area contributed by atoms with Crippen LogP contribution in [-0.2, 0) is 0 Å². The van der Waals surface area contributed by atoms with Crippen molar-refractivity contribution >= 4 is 50.8 Å². The average molecular weight is 319 g/mol. The lowest BCUT2D eigenvalue weighted by Crippen LogP contribution is -1.96. The molecule has 0 atom stereocenters. The Morgan fingerprint density at radius 2 is 2.06 bits per heavy atom. The van der Waals surface area contributed by atoms with Gasteiger partial charge in [0.05, 0.1) is 4.47 Å². The van der Waals surface area contributed by atoms with Crippen LogP contribution in [0, 0.1) is 0 Å². The molecule has 0 spiro atoms. The summed E-state index contributed by atoms with van der Waals surface area (Å²) >= 11 is 14.9. The summed E-state index contributed by atoms with van der Waals surface area (Å²) in [5.41, 5.74) is 0.811. The van der Waals surface area contributed by atoms with Crippen LogP contribution in [0.15, 0.2) is 34.9 Å². The van der Waals surface area contributed by atoms with Crippen LogP contribution in [0.2, 0.25) is 10.2 Å². The van der Waals surface area contributed by atoms with Crippen LogP contribution in [0.3, 0.4) is 0 Å². The molecule has 1 heterocycles. The van der Waals surface area contributed by atoms with E-state index in [1.165, 1.54) is 0 Å². The van der Waals surface area contributed by atoms with Crippen molar-refractivity contribution in [3.63, 3.8) is 0 Å². The minimum absolute atomic E-state index is 0.361. The molecular formula is C10H6BrCl2N3. The van der Waals surface area contributed by atoms with Gasteiger partial charge in [-0.3, -0.25) is 0 Å². The Morgan fingerprint density at radius 1 is 1.25 bits per heavy atom. The van der Waals surface area contributed by atoms with Crippen molar-refractivity contribution in [1.29, 1.82) is 0 Å². The van der Waals surface area contributed by atoms with Crippen molar-refractivity contribution in [3.8, 4) is 0 Å². The summed E-state index contributed by atoms with van der Waals surface area (Å²) in [6.07, 6.45) is 1.59. The van der Waals surface area contributed by atoms with E-state index >= 15 is 0 Å². The van der Waals surface area contributed by atoms with Gasteiger partial charge in [0.2, 0.25) is 5.95 Å². The van der Waals surface area contributed by atoms with E-state index in [-0.39, 0.29) is 0 Å². The number of nitrogens with one attached hydrogen (secondary N) is 1. The highest BCUT2D eigenvalue weighted by Gasteiger charge is 2.02. The van der Waals surface area contributed by atoms with Gasteiger partial charge in [-0.15, -0.1) is 0 Å². The molecule has 0 unspecified atom stereocenters. The third kappa shape index (κ3) is 2.84. The zero-order valence-corrected chi connectivity index (χ0v) is 11.0. The van der Waals surface area contributed by atoms with Gasteiger partial charge in [-0.05, 0) is 34.1 Å². The molecule has 2 rings (SSSR count). The van der Waals surface area contributed by atoms with E-state index in [0.29, 0.717) is 20.6 Å². The second-order valence-corrected chi connectivity index (χ2v) is 4.62. The number of nitrogens with zero attached hydrogens (tertiary/aromatic N) is 2. The first-order valence-electron chi connectivity index (χ1n) is 4.36. The number of hydrogen-bond acceptors (Lipinski definition) is 3. The highest BCUT2D eigenvalue weighted by Crippen LogP contribution is 2.22. The fourth-order valence-corrected chi connectivity index (χ4v) is 1.61. The number of benzene rings is 1. The fourth-order valence-electron chi connectivity index (χ4n) is 1.10. The molecule has 0 aliphatic heterocycles. The summed E-state index contributed by atoms with van der Waals surface area (Å²) in [6, 6.07) is 7.28. The van der Waals surface area contributed by atoms with Crippen LogP contribution in [0.4, 0.5) is 11.6 Å². The zero-order chi connectivity index (χ0) is 11.5. The van der Waals surface area contributed by atoms with Gasteiger partial charge in [-0.2, -0.15) is 4.98 Å². The fraction of sp³-hybridized carbons (Fsp3) is 0. The second-order valence-electron chi connectivity index (χ2n) is 2.97. The Balaban J connectivity index is 2.24. The lowest BCUT2D eigenvalue weighted by Gasteiger charge is -2.05. The molecule has 0 fully saturated rings. The summed E-state index contributed by atoms with van der Waals surface area (Å²) in [7, 11) is 0. The average Bonchev–Trinajstić information content (AvgIpc) is 2.24. The third-order valence-electron chi connectivity index (χ3n) is 1.78. The molecular weight excluding hydrogens is 313 g/mol. The summed E-state index contributed by atoms with van der Waals surface area (Å²) in [5, 5.41) is 4.01. The molecule has 1 aromatic carbocycles. The first-order chi connectivity index (χ1) is 7.65. The first kappa shape index (κ1) is 11.6. The molecule has 1 aromatic heterocycles. The topological polar surface area (TPSA) is 37.8 Å². The smallest absolute Gasteiger partial charge is 0.228 e. The van der Waals surface area contributed by atoms with Gasteiger partial charge in [0, 0.05) is 16.9 Å². The summed E-state index contributed by atoms with van der Waals surface area (Å²) in [6.45, 7) is 0. The van der Waals surface area contributed by atoms with E-state index in [0.717, 1.165) is 5.69 Å². The minimum Gasteiger partial charge on any atom is -0.324 e. The highest BCUT2D eigenvalue weighted by atomic mass is 79.9. The van der Waals surface area contributed by atoms with Gasteiger partial charge < -0.3 is 5.32 Å². The molecule has 0 saturated heterocycles. The van der Waals surface area contributed by atoms with E-state index in [1.54, 1.807) is 18.3 Å². The quantitative estimate of drug-likeness (QED) is 0.839. The lowest BCUT2D eigenvalue weighted by molar-refractivity contribution is 1.15. The van der Waals surface area contributed by atoms with Crippen LogP contribution in [0.25, 0.3) is 0 Å². The Labute approximate surface area is 111 Å². The molecule has 0 amide bonds. The van der Waals surface area contributed by atoms with E-state index in [1.807, 2.05) is 12.1 Å². The molecule has 2 aromatic rings. The van der Waals surface area contributed by atoms with Gasteiger partial charge in [0.25, 0.3) is 0 Å². The molecule has 3 nitrogen and oxygen atoms in total. The summed E-state index contributed by atoms with van der Waals surface area (Å²) < 4.78 is 0.658. The number of anilines is 2. The predicted octanol–water partition coefficient (Wildman–Crippen LogP) is 4.29. The van der Waals surface area contributed by atoms with Gasteiger partial charge >= 0.3 is 0 Å². The zero-order valence-electron chi connectivity index (χ0n) is 7.92. The first-order valence-corrected chi connectivity index (χ1v) is 5.90. The van der Waals surface area contributed by atoms with Gasteiger partial charge in [-0.1, -0.05) is 29.3 Å². The van der Waals surface area contributed by atoms with Gasteiger partial charge in [0.15, 0.2) is 0 Å². The van der Waals surface area contributed by atoms with Crippen molar-refractivity contribution in [3.05, 3.63) is 45.1 Å². The Kier molecular flexibility index (Phi) is 3.63. The van der Waals surface area contributed by atoms with Crippen LogP contribution in [0.1, 0.15) is 0 Å². The van der Waals surface area contributed by atoms with Gasteiger partial charge in [-0.25, -0.2) is 4.98 Å². The summed E-state index contributed by atoms with van der Waals surface area (Å²) in [5.74, 6) is 0.426.